The molecule has 0 saturated carbocycles. The van der Waals surface area contributed by atoms with Gasteiger partial charge in [-0.25, -0.2) is 4.98 Å². The third-order valence-corrected chi connectivity index (χ3v) is 5.48. The Balaban J connectivity index is 0.00000364. The van der Waals surface area contributed by atoms with Crippen LogP contribution in [0.5, 0.6) is 0 Å². The van der Waals surface area contributed by atoms with Crippen LogP contribution in [0.3, 0.4) is 0 Å². The van der Waals surface area contributed by atoms with Gasteiger partial charge in [-0.15, -0.1) is 35.3 Å². The molecule has 0 spiro atoms. The fourth-order valence-electron chi connectivity index (χ4n) is 3.04. The summed E-state index contributed by atoms with van der Waals surface area (Å²) in [5, 5.41) is 7.92. The molecular formula is C19H36IN5OS. The molecule has 1 atom stereocenters. The normalized spacial score (nSPS) is 18.4. The number of nitrogens with one attached hydrogen (secondary N) is 2. The Bertz CT molecular complexity index is 559. The van der Waals surface area contributed by atoms with Gasteiger partial charge in [-0.05, 0) is 26.7 Å². The monoisotopic (exact) mass is 509 g/mol. The van der Waals surface area contributed by atoms with Gasteiger partial charge in [0.05, 0.1) is 30.0 Å². The van der Waals surface area contributed by atoms with Crippen molar-refractivity contribution >= 4 is 41.3 Å². The van der Waals surface area contributed by atoms with Crippen LogP contribution in [0, 0.1) is 19.8 Å². The van der Waals surface area contributed by atoms with Gasteiger partial charge in [-0.2, -0.15) is 0 Å². The maximum absolute atomic E-state index is 5.90. The number of halogens is 1. The first-order valence-corrected chi connectivity index (χ1v) is 10.6. The van der Waals surface area contributed by atoms with Crippen LogP contribution in [-0.4, -0.2) is 67.8 Å². The predicted molar refractivity (Wildman–Crippen MR) is 126 cm³/mol. The average Bonchev–Trinajstić information content (AvgIpc) is 2.90. The summed E-state index contributed by atoms with van der Waals surface area (Å²) in [6, 6.07) is 0. The van der Waals surface area contributed by atoms with Crippen molar-refractivity contribution in [1.82, 2.24) is 20.5 Å². The Kier molecular flexibility index (Phi) is 11.7. The maximum Gasteiger partial charge on any atom is 0.191 e. The van der Waals surface area contributed by atoms with E-state index in [-0.39, 0.29) is 30.1 Å². The lowest BCUT2D eigenvalue weighted by atomic mass is 10.2. The van der Waals surface area contributed by atoms with Crippen molar-refractivity contribution in [3.63, 3.8) is 0 Å². The van der Waals surface area contributed by atoms with Gasteiger partial charge in [-0.1, -0.05) is 13.8 Å². The number of aliphatic imine (C=N–C) groups is 1. The summed E-state index contributed by atoms with van der Waals surface area (Å²) in [5.41, 5.74) is 1.14. The molecule has 1 fully saturated rings. The molecule has 1 aliphatic rings. The smallest absolute Gasteiger partial charge is 0.191 e. The van der Waals surface area contributed by atoms with Crippen molar-refractivity contribution in [2.45, 2.75) is 47.1 Å². The van der Waals surface area contributed by atoms with E-state index in [0.29, 0.717) is 12.5 Å². The molecule has 0 aliphatic carbocycles. The van der Waals surface area contributed by atoms with Crippen molar-refractivity contribution in [2.75, 3.05) is 45.9 Å². The number of hydrogen-bond donors (Lipinski definition) is 2. The number of morpholine rings is 1. The van der Waals surface area contributed by atoms with Crippen LogP contribution in [0.25, 0.3) is 0 Å². The van der Waals surface area contributed by atoms with Crippen LogP contribution < -0.4 is 10.6 Å². The van der Waals surface area contributed by atoms with Gasteiger partial charge in [0.25, 0.3) is 0 Å². The van der Waals surface area contributed by atoms with Crippen LogP contribution in [0.1, 0.15) is 36.3 Å². The highest BCUT2D eigenvalue weighted by Gasteiger charge is 2.20. The lowest BCUT2D eigenvalue weighted by molar-refractivity contribution is -0.0261. The standard InChI is InChI=1S/C19H35N5OS.HI/c1-6-20-19(21-8-7-18-23-15(4)16(5)26-18)22-11-17-13-24(9-10-25-17)12-14(2)3;/h14,17H,6-13H2,1-5H3,(H2,20,21,22);1H. The molecule has 6 nitrogen and oxygen atoms in total. The highest BCUT2D eigenvalue weighted by atomic mass is 127. The van der Waals surface area contributed by atoms with Gasteiger partial charge < -0.3 is 15.4 Å². The summed E-state index contributed by atoms with van der Waals surface area (Å²) in [4.78, 5) is 13.1. The largest absolute Gasteiger partial charge is 0.374 e. The summed E-state index contributed by atoms with van der Waals surface area (Å²) in [6.07, 6.45) is 1.11. The van der Waals surface area contributed by atoms with Crippen LogP contribution >= 0.6 is 35.3 Å². The lowest BCUT2D eigenvalue weighted by Gasteiger charge is -2.33. The summed E-state index contributed by atoms with van der Waals surface area (Å²) in [7, 11) is 0. The molecule has 1 aliphatic heterocycles. The molecule has 2 heterocycles. The van der Waals surface area contributed by atoms with Gasteiger partial charge in [-0.3, -0.25) is 9.89 Å². The molecule has 8 heteroatoms. The van der Waals surface area contributed by atoms with E-state index in [4.69, 9.17) is 9.73 Å². The van der Waals surface area contributed by atoms with E-state index in [2.05, 4.69) is 55.1 Å². The zero-order valence-corrected chi connectivity index (χ0v) is 20.5. The number of guanidine groups is 1. The molecule has 2 rings (SSSR count). The molecule has 0 amide bonds. The highest BCUT2D eigenvalue weighted by molar-refractivity contribution is 14.0. The zero-order chi connectivity index (χ0) is 18.9. The quantitative estimate of drug-likeness (QED) is 0.321. The molecule has 2 N–H and O–H groups in total. The number of hydrogen-bond acceptors (Lipinski definition) is 5. The van der Waals surface area contributed by atoms with Gasteiger partial charge in [0, 0.05) is 44.0 Å². The second-order valence-electron chi connectivity index (χ2n) is 7.29. The van der Waals surface area contributed by atoms with Crippen LogP contribution in [0.4, 0.5) is 0 Å². The second kappa shape index (κ2) is 12.9. The first-order chi connectivity index (χ1) is 12.5. The Labute approximate surface area is 185 Å². The average molecular weight is 510 g/mol. The Hall–Kier alpha value is -0.450. The molecule has 1 unspecified atom stereocenters. The summed E-state index contributed by atoms with van der Waals surface area (Å²) in [6.45, 7) is 17.1. The minimum atomic E-state index is 0. The molecule has 1 aromatic heterocycles. The molecule has 1 aromatic rings. The van der Waals surface area contributed by atoms with E-state index in [1.54, 1.807) is 11.3 Å². The Morgan fingerprint density at radius 3 is 2.78 bits per heavy atom. The SMILES string of the molecule is CCNC(=NCC1CN(CC(C)C)CCO1)NCCc1nc(C)c(C)s1.I. The number of ether oxygens (including phenoxy) is 1. The molecule has 27 heavy (non-hydrogen) atoms. The minimum absolute atomic E-state index is 0. The van der Waals surface area contributed by atoms with E-state index >= 15 is 0 Å². The number of aryl methyl sites for hydroxylation is 2. The van der Waals surface area contributed by atoms with Gasteiger partial charge in [0.1, 0.15) is 0 Å². The van der Waals surface area contributed by atoms with Crippen LogP contribution in [0.15, 0.2) is 4.99 Å². The van der Waals surface area contributed by atoms with Crippen LogP contribution in [0.2, 0.25) is 0 Å². The lowest BCUT2D eigenvalue weighted by Crippen LogP contribution is -2.46. The van der Waals surface area contributed by atoms with E-state index < -0.39 is 0 Å². The number of rotatable bonds is 8. The van der Waals surface area contributed by atoms with E-state index in [1.165, 1.54) is 9.88 Å². The molecular weight excluding hydrogens is 473 g/mol. The van der Waals surface area contributed by atoms with Crippen LogP contribution in [-0.2, 0) is 11.2 Å². The molecule has 1 saturated heterocycles. The summed E-state index contributed by atoms with van der Waals surface area (Å²) < 4.78 is 5.90. The first-order valence-electron chi connectivity index (χ1n) is 9.77. The third-order valence-electron chi connectivity index (χ3n) is 4.35. The molecule has 156 valence electrons. The fourth-order valence-corrected chi connectivity index (χ4v) is 3.98. The van der Waals surface area contributed by atoms with Crippen molar-refractivity contribution in [3.8, 4) is 0 Å². The van der Waals surface area contributed by atoms with Gasteiger partial charge in [0.15, 0.2) is 5.96 Å². The summed E-state index contributed by atoms with van der Waals surface area (Å²) in [5.74, 6) is 1.55. The number of nitrogens with zero attached hydrogens (tertiary/aromatic N) is 3. The first kappa shape index (κ1) is 24.6. The summed E-state index contributed by atoms with van der Waals surface area (Å²) >= 11 is 1.78. The van der Waals surface area contributed by atoms with Crippen molar-refractivity contribution in [3.05, 3.63) is 15.6 Å². The second-order valence-corrected chi connectivity index (χ2v) is 8.58. The van der Waals surface area contributed by atoms with E-state index in [9.17, 15) is 0 Å². The highest BCUT2D eigenvalue weighted by Crippen LogP contribution is 2.16. The number of aromatic nitrogens is 1. The van der Waals surface area contributed by atoms with Gasteiger partial charge >= 0.3 is 0 Å². The fraction of sp³-hybridized carbons (Fsp3) is 0.789. The van der Waals surface area contributed by atoms with Crippen molar-refractivity contribution in [2.24, 2.45) is 10.9 Å². The minimum Gasteiger partial charge on any atom is -0.374 e. The molecule has 0 radical (unpaired) electrons. The van der Waals surface area contributed by atoms with Gasteiger partial charge in [0.2, 0.25) is 0 Å². The van der Waals surface area contributed by atoms with E-state index in [1.807, 2.05) is 0 Å². The van der Waals surface area contributed by atoms with Crippen molar-refractivity contribution < 1.29 is 4.74 Å². The Morgan fingerprint density at radius 2 is 2.15 bits per heavy atom. The van der Waals surface area contributed by atoms with E-state index in [0.717, 1.165) is 57.4 Å². The maximum atomic E-state index is 5.90. The molecule has 0 aromatic carbocycles. The predicted octanol–water partition coefficient (Wildman–Crippen LogP) is 2.83. The topological polar surface area (TPSA) is 61.8 Å². The molecule has 0 bridgehead atoms. The number of thiazole rings is 1. The zero-order valence-electron chi connectivity index (χ0n) is 17.4. The Morgan fingerprint density at radius 1 is 1.37 bits per heavy atom. The van der Waals surface area contributed by atoms with Crippen molar-refractivity contribution in [1.29, 1.82) is 0 Å². The third kappa shape index (κ3) is 9.06.